The Hall–Kier alpha value is -0.360. The molecule has 8 atom stereocenters. The largest absolute Gasteiger partial charge is 0.361 e. The lowest BCUT2D eigenvalue weighted by atomic mass is 9.92. The van der Waals surface area contributed by atoms with E-state index in [1.807, 2.05) is 0 Å². The predicted octanol–water partition coefficient (Wildman–Crippen LogP) is -1.86. The molecule has 5 aliphatic heterocycles. The number of nitrogens with one attached hydrogen (secondary N) is 6. The molecule has 7 unspecified atom stereocenters. The summed E-state index contributed by atoms with van der Waals surface area (Å²) < 4.78 is 6.39. The summed E-state index contributed by atoms with van der Waals surface area (Å²) in [4.78, 5) is 0. The zero-order chi connectivity index (χ0) is 18.4. The molecule has 6 N–H and O–H groups in total. The fourth-order valence-electron chi connectivity index (χ4n) is 5.58. The maximum Gasteiger partial charge on any atom is 0.129 e. The van der Waals surface area contributed by atoms with Crippen molar-refractivity contribution < 1.29 is 4.74 Å². The minimum Gasteiger partial charge on any atom is -0.361 e. The number of hydrogen-bond acceptors (Lipinski definition) is 9. The molecule has 154 valence electrons. The quantitative estimate of drug-likeness (QED) is 0.290. The van der Waals surface area contributed by atoms with Crippen molar-refractivity contribution in [3.8, 4) is 0 Å². The lowest BCUT2D eigenvalue weighted by Gasteiger charge is -2.43. The molecule has 5 aliphatic rings. The smallest absolute Gasteiger partial charge is 0.129 e. The van der Waals surface area contributed by atoms with Crippen LogP contribution in [0.3, 0.4) is 0 Å². The maximum atomic E-state index is 6.39. The number of ether oxygens (including phenoxy) is 1. The normalized spacial score (nSPS) is 49.6. The van der Waals surface area contributed by atoms with E-state index >= 15 is 0 Å². The first-order chi connectivity index (χ1) is 13.2. The van der Waals surface area contributed by atoms with Crippen LogP contribution in [0.5, 0.6) is 0 Å². The standard InChI is InChI=1S/C18H36N8O/c1-11-4-6-27-18-13(10-21-25(18)2)17-19-5-3-15(24-17)23-16-7-14-12(8-20-16)9-22-26(11)14/h11-24H,3-10H2,1-2H3/t11-,12?,13?,14?,15?,16?,17?,18?/m0/s1. The molecular formula is C18H36N8O. The molecule has 5 saturated heterocycles. The number of piperidine rings is 1. The average molecular weight is 381 g/mol. The van der Waals surface area contributed by atoms with Gasteiger partial charge in [-0.05, 0) is 32.7 Å². The number of nitrogens with zero attached hydrogens (tertiary/aromatic N) is 2. The second-order valence-electron chi connectivity index (χ2n) is 8.94. The highest BCUT2D eigenvalue weighted by Crippen LogP contribution is 2.28. The van der Waals surface area contributed by atoms with Gasteiger partial charge in [0.2, 0.25) is 0 Å². The fraction of sp³-hybridized carbons (Fsp3) is 1.00. The van der Waals surface area contributed by atoms with Gasteiger partial charge in [0.1, 0.15) is 6.23 Å². The Labute approximate surface area is 162 Å². The van der Waals surface area contributed by atoms with E-state index in [2.05, 4.69) is 56.1 Å². The van der Waals surface area contributed by atoms with Gasteiger partial charge in [-0.15, -0.1) is 0 Å². The summed E-state index contributed by atoms with van der Waals surface area (Å²) in [6, 6.07) is 1.08. The summed E-state index contributed by atoms with van der Waals surface area (Å²) in [5, 5.41) is 19.7. The second-order valence-corrected chi connectivity index (χ2v) is 8.94. The van der Waals surface area contributed by atoms with E-state index in [-0.39, 0.29) is 12.4 Å². The summed E-state index contributed by atoms with van der Waals surface area (Å²) in [5.41, 5.74) is 7.14. The van der Waals surface area contributed by atoms with Crippen molar-refractivity contribution >= 4 is 0 Å². The Bertz CT molecular complexity index is 524. The van der Waals surface area contributed by atoms with Crippen molar-refractivity contribution in [1.82, 2.24) is 42.1 Å². The van der Waals surface area contributed by atoms with E-state index in [0.717, 1.165) is 52.0 Å². The van der Waals surface area contributed by atoms with Gasteiger partial charge in [0.15, 0.2) is 0 Å². The Morgan fingerprint density at radius 3 is 2.81 bits per heavy atom. The van der Waals surface area contributed by atoms with Crippen molar-refractivity contribution in [2.24, 2.45) is 11.8 Å². The van der Waals surface area contributed by atoms with Crippen LogP contribution >= 0.6 is 0 Å². The van der Waals surface area contributed by atoms with Crippen LogP contribution in [0, 0.1) is 11.8 Å². The van der Waals surface area contributed by atoms with E-state index in [4.69, 9.17) is 4.74 Å². The minimum atomic E-state index is 0.0980. The summed E-state index contributed by atoms with van der Waals surface area (Å²) in [5.74, 6) is 1.09. The van der Waals surface area contributed by atoms with Gasteiger partial charge in [0, 0.05) is 50.6 Å². The van der Waals surface area contributed by atoms with Gasteiger partial charge in [-0.2, -0.15) is 0 Å². The Kier molecular flexibility index (Phi) is 5.40. The van der Waals surface area contributed by atoms with E-state index < -0.39 is 0 Å². The van der Waals surface area contributed by atoms with Crippen LogP contribution in [0.4, 0.5) is 0 Å². The lowest BCUT2D eigenvalue weighted by Crippen LogP contribution is -2.67. The monoisotopic (exact) mass is 380 g/mol. The highest BCUT2D eigenvalue weighted by atomic mass is 16.5. The molecule has 0 saturated carbocycles. The van der Waals surface area contributed by atoms with Crippen molar-refractivity contribution in [2.75, 3.05) is 39.8 Å². The van der Waals surface area contributed by atoms with Gasteiger partial charge >= 0.3 is 0 Å². The van der Waals surface area contributed by atoms with Crippen molar-refractivity contribution in [3.63, 3.8) is 0 Å². The first-order valence-electron chi connectivity index (χ1n) is 10.8. The van der Waals surface area contributed by atoms with E-state index in [1.54, 1.807) is 0 Å². The molecule has 0 amide bonds. The predicted molar refractivity (Wildman–Crippen MR) is 103 cm³/mol. The number of hydrogen-bond donors (Lipinski definition) is 6. The molecule has 5 rings (SSSR count). The Balaban J connectivity index is 1.36. The van der Waals surface area contributed by atoms with E-state index in [9.17, 15) is 0 Å². The molecular weight excluding hydrogens is 344 g/mol. The van der Waals surface area contributed by atoms with Crippen LogP contribution in [0.1, 0.15) is 26.2 Å². The summed E-state index contributed by atoms with van der Waals surface area (Å²) >= 11 is 0. The molecule has 0 aromatic rings. The van der Waals surface area contributed by atoms with Crippen molar-refractivity contribution in [1.29, 1.82) is 0 Å². The molecule has 27 heavy (non-hydrogen) atoms. The van der Waals surface area contributed by atoms with Crippen LogP contribution in [0.2, 0.25) is 0 Å². The molecule has 5 heterocycles. The van der Waals surface area contributed by atoms with Gasteiger partial charge in [-0.1, -0.05) is 0 Å². The van der Waals surface area contributed by atoms with Gasteiger partial charge in [-0.3, -0.25) is 21.5 Å². The summed E-state index contributed by atoms with van der Waals surface area (Å²) in [7, 11) is 2.09. The minimum absolute atomic E-state index is 0.0980. The molecule has 5 fully saturated rings. The summed E-state index contributed by atoms with van der Waals surface area (Å²) in [6.07, 6.45) is 4.36. The molecule has 9 nitrogen and oxygen atoms in total. The van der Waals surface area contributed by atoms with Gasteiger partial charge in [-0.25, -0.2) is 10.0 Å². The van der Waals surface area contributed by atoms with Crippen LogP contribution in [-0.4, -0.2) is 86.7 Å². The molecule has 0 radical (unpaired) electrons. The van der Waals surface area contributed by atoms with E-state index in [0.29, 0.717) is 36.3 Å². The molecule has 0 aromatic heterocycles. The number of rotatable bonds is 0. The van der Waals surface area contributed by atoms with Crippen molar-refractivity contribution in [2.45, 2.75) is 63.0 Å². The third kappa shape index (κ3) is 3.65. The number of hydrazine groups is 2. The first-order valence-corrected chi connectivity index (χ1v) is 10.8. The van der Waals surface area contributed by atoms with Gasteiger partial charge < -0.3 is 15.4 Å². The van der Waals surface area contributed by atoms with Crippen LogP contribution in [0.25, 0.3) is 0 Å². The van der Waals surface area contributed by atoms with Crippen LogP contribution < -0.4 is 32.1 Å². The SMILES string of the molecule is C[C@H]1CCOC2C(CNN2C)C2NCCC(NC3CC4C(CN3)CNN41)N2. The molecule has 0 aliphatic carbocycles. The zero-order valence-electron chi connectivity index (χ0n) is 16.6. The number of fused-ring (bicyclic) bond motifs is 5. The van der Waals surface area contributed by atoms with Crippen LogP contribution in [0.15, 0.2) is 0 Å². The third-order valence-corrected chi connectivity index (χ3v) is 7.17. The van der Waals surface area contributed by atoms with Gasteiger partial charge in [0.05, 0.1) is 25.1 Å². The highest BCUT2D eigenvalue weighted by Gasteiger charge is 2.43. The van der Waals surface area contributed by atoms with Crippen molar-refractivity contribution in [3.05, 3.63) is 0 Å². The van der Waals surface area contributed by atoms with Gasteiger partial charge in [0.25, 0.3) is 0 Å². The zero-order valence-corrected chi connectivity index (χ0v) is 16.6. The fourth-order valence-corrected chi connectivity index (χ4v) is 5.58. The molecule has 0 aromatic carbocycles. The Morgan fingerprint density at radius 1 is 0.963 bits per heavy atom. The Morgan fingerprint density at radius 2 is 1.89 bits per heavy atom. The maximum absolute atomic E-state index is 6.39. The topological polar surface area (TPSA) is 87.9 Å². The average Bonchev–Trinajstić information content (AvgIpc) is 3.25. The van der Waals surface area contributed by atoms with E-state index in [1.165, 1.54) is 0 Å². The molecule has 4 bridgehead atoms. The highest BCUT2D eigenvalue weighted by molar-refractivity contribution is 4.97. The molecule has 0 spiro atoms. The first kappa shape index (κ1) is 18.7. The molecule has 9 heteroatoms. The lowest BCUT2D eigenvalue weighted by molar-refractivity contribution is -0.0791. The third-order valence-electron chi connectivity index (χ3n) is 7.17. The van der Waals surface area contributed by atoms with Crippen LogP contribution in [-0.2, 0) is 4.74 Å². The second kappa shape index (κ2) is 7.81. The summed E-state index contributed by atoms with van der Waals surface area (Å²) in [6.45, 7) is 7.27.